The number of hydrogen-bond donors (Lipinski definition) is 6. The monoisotopic (exact) mass is 1310 g/mol. The van der Waals surface area contributed by atoms with E-state index in [0.29, 0.717) is 62.7 Å². The molecule has 94 heavy (non-hydrogen) atoms. The summed E-state index contributed by atoms with van der Waals surface area (Å²) in [5.41, 5.74) is 6.99. The maximum Gasteiger partial charge on any atom is 0.410 e. The molecule has 13 atom stereocenters. The molecule has 0 bridgehead atoms. The van der Waals surface area contributed by atoms with Crippen LogP contribution in [0.2, 0.25) is 0 Å². The largest absolute Gasteiger partial charge is 0.445 e. The molecule has 2 aromatic carbocycles. The Bertz CT molecular complexity index is 2820. The molecule has 2 heterocycles. The molecule has 524 valence electrons. The highest BCUT2D eigenvalue weighted by Crippen LogP contribution is 2.35. The van der Waals surface area contributed by atoms with Crippen LogP contribution in [-0.2, 0) is 59.2 Å². The summed E-state index contributed by atoms with van der Waals surface area (Å²) in [7, 11) is 6.30. The number of nitrogens with two attached hydrogens (primary N) is 1. The number of unbranched alkanes of at least 4 members (excludes halogenated alkanes) is 2. The Morgan fingerprint density at radius 3 is 1.97 bits per heavy atom. The minimum Gasteiger partial charge on any atom is -0.445 e. The van der Waals surface area contributed by atoms with Crippen molar-refractivity contribution in [2.24, 2.45) is 53.1 Å². The second-order valence-electron chi connectivity index (χ2n) is 26.9. The number of likely N-dealkylation sites (tertiary alicyclic amines) is 1. The van der Waals surface area contributed by atoms with Crippen LogP contribution in [0.5, 0.6) is 0 Å². The molecule has 2 aliphatic rings. The molecule has 0 spiro atoms. The minimum atomic E-state index is -0.961. The summed E-state index contributed by atoms with van der Waals surface area (Å²) in [6, 6.07) is 12.4. The Kier molecular flexibility index (Phi) is 33.0. The highest BCUT2D eigenvalue weighted by Gasteiger charge is 2.44. The zero-order valence-corrected chi connectivity index (χ0v) is 58.2. The van der Waals surface area contributed by atoms with Crippen LogP contribution in [0, 0.1) is 47.3 Å². The molecule has 0 saturated carbocycles. The lowest BCUT2D eigenvalue weighted by atomic mass is 9.83. The van der Waals surface area contributed by atoms with Crippen molar-refractivity contribution in [1.82, 2.24) is 30.2 Å². The Hall–Kier alpha value is -7.08. The molecule has 4 rings (SSSR count). The molecule has 0 aliphatic carbocycles. The van der Waals surface area contributed by atoms with Gasteiger partial charge in [-0.1, -0.05) is 125 Å². The van der Waals surface area contributed by atoms with Gasteiger partial charge >= 0.3 is 12.1 Å². The van der Waals surface area contributed by atoms with Crippen molar-refractivity contribution < 1.29 is 72.4 Å². The van der Waals surface area contributed by atoms with E-state index < -0.39 is 72.4 Å². The van der Waals surface area contributed by atoms with E-state index in [-0.39, 0.29) is 134 Å². The maximum absolute atomic E-state index is 14.9. The predicted octanol–water partition coefficient (Wildman–Crippen LogP) is 8.14. The zero-order chi connectivity index (χ0) is 70.1. The first kappa shape index (κ1) is 79.4. The van der Waals surface area contributed by atoms with E-state index in [4.69, 9.17) is 19.9 Å². The van der Waals surface area contributed by atoms with E-state index in [1.165, 1.54) is 31.2 Å². The highest BCUT2D eigenvalue weighted by molar-refractivity contribution is 6.12. The number of aliphatic hydroxyl groups is 2. The van der Waals surface area contributed by atoms with Crippen LogP contribution < -0.4 is 21.7 Å². The van der Waals surface area contributed by atoms with Crippen LogP contribution in [0.4, 0.5) is 15.3 Å². The Labute approximate surface area is 557 Å². The molecule has 0 aromatic heterocycles. The summed E-state index contributed by atoms with van der Waals surface area (Å²) in [5, 5.41) is 30.8. The lowest BCUT2D eigenvalue weighted by molar-refractivity contribution is -0.149. The van der Waals surface area contributed by atoms with Gasteiger partial charge in [-0.05, 0) is 97.8 Å². The first-order chi connectivity index (χ1) is 44.5. The lowest BCUT2D eigenvalue weighted by Gasteiger charge is -2.41. The third-order valence-corrected chi connectivity index (χ3v) is 18.9. The summed E-state index contributed by atoms with van der Waals surface area (Å²) >= 11 is 0. The van der Waals surface area contributed by atoms with Crippen molar-refractivity contribution in [2.45, 2.75) is 208 Å². The van der Waals surface area contributed by atoms with Gasteiger partial charge in [-0.3, -0.25) is 43.3 Å². The second-order valence-corrected chi connectivity index (χ2v) is 26.9. The quantitative estimate of drug-likeness (QED) is 0.0270. The van der Waals surface area contributed by atoms with Gasteiger partial charge in [0, 0.05) is 103 Å². The molecule has 0 radical (unpaired) electrons. The molecular weight excluding hydrogens is 1200 g/mol. The molecule has 1 unspecified atom stereocenters. The summed E-state index contributed by atoms with van der Waals surface area (Å²) in [6.45, 7) is 19.5. The smallest absolute Gasteiger partial charge is 0.410 e. The average molecular weight is 1320 g/mol. The molecule has 1 saturated heterocycles. The number of primary amides is 1. The van der Waals surface area contributed by atoms with E-state index >= 15 is 0 Å². The number of likely N-dealkylation sites (N-methyl/N-ethyl adjacent to an activating group) is 2. The zero-order valence-electron chi connectivity index (χ0n) is 58.2. The summed E-state index contributed by atoms with van der Waals surface area (Å²) in [6.07, 6.45) is 3.06. The molecule has 9 amide bonds. The number of nitrogens with one attached hydrogen (secondary N) is 3. The Morgan fingerprint density at radius 1 is 0.745 bits per heavy atom. The van der Waals surface area contributed by atoms with E-state index in [1.807, 2.05) is 90.6 Å². The molecule has 7 N–H and O–H groups in total. The van der Waals surface area contributed by atoms with E-state index in [1.54, 1.807) is 57.2 Å². The van der Waals surface area contributed by atoms with E-state index in [2.05, 4.69) is 16.0 Å². The van der Waals surface area contributed by atoms with Gasteiger partial charge < -0.3 is 60.8 Å². The van der Waals surface area contributed by atoms with Gasteiger partial charge in [0.15, 0.2) is 11.6 Å². The molecular formula is C71H110N8O15. The van der Waals surface area contributed by atoms with Crippen molar-refractivity contribution in [3.05, 3.63) is 77.9 Å². The van der Waals surface area contributed by atoms with Gasteiger partial charge in [-0.15, -0.1) is 0 Å². The number of ether oxygens (including phenoxy) is 3. The van der Waals surface area contributed by atoms with Crippen LogP contribution in [-0.4, -0.2) is 179 Å². The molecule has 2 aromatic rings. The number of hydrogen-bond acceptors (Lipinski definition) is 15. The molecule has 2 aliphatic heterocycles. The fraction of sp³-hybridized carbons (Fsp3) is 0.662. The predicted molar refractivity (Wildman–Crippen MR) is 358 cm³/mol. The first-order valence-corrected chi connectivity index (χ1v) is 33.7. The normalized spacial score (nSPS) is 17.9. The van der Waals surface area contributed by atoms with Gasteiger partial charge in [0.1, 0.15) is 6.61 Å². The third-order valence-electron chi connectivity index (χ3n) is 18.9. The average Bonchev–Trinajstić information content (AvgIpc) is 1.33. The van der Waals surface area contributed by atoms with Crippen LogP contribution >= 0.6 is 0 Å². The van der Waals surface area contributed by atoms with Gasteiger partial charge in [0.25, 0.3) is 11.8 Å². The number of methoxy groups -OCH3 is 2. The number of ketones is 2. The van der Waals surface area contributed by atoms with Crippen molar-refractivity contribution in [3.63, 3.8) is 0 Å². The summed E-state index contributed by atoms with van der Waals surface area (Å²) in [4.78, 5) is 140. The van der Waals surface area contributed by atoms with Gasteiger partial charge in [-0.2, -0.15) is 0 Å². The van der Waals surface area contributed by atoms with Gasteiger partial charge in [0.2, 0.25) is 23.6 Å². The van der Waals surface area contributed by atoms with Gasteiger partial charge in [0.05, 0.1) is 55.0 Å². The summed E-state index contributed by atoms with van der Waals surface area (Å²) < 4.78 is 17.9. The van der Waals surface area contributed by atoms with E-state index in [0.717, 1.165) is 16.9 Å². The summed E-state index contributed by atoms with van der Waals surface area (Å²) in [5.74, 6) is -6.05. The standard InChI is InChI=1S/C71H110N8O15/c1-15-46(8)65(58(92-13)41-62(86)78-37-23-27-54(78)67(93-14)48(10)55(80)38-47(9)66(87)50-24-18-16-19-25-50)76(11)69(89)53(43(2)3)40-57(82)64(45(6)7)77(12)71(91)94-42-49-29-31-52(32-30-49)74-68(88)51(26-22-35-73-70(72)90)39-56(81)63(44(4)5)75-59(83)28-20-17-21-36-79-60(84)33-34-61(79)85/h16,18-19,24-25,29-34,43-48,51,53-55,58,63-67,80,87H,15,17,20-23,26-28,35-42H2,1-14H3,(H,74,88)(H,75,83)(H3,72,73,90)/t46-,47-,48-,51+,53-,54-,55?,58+,63+,64-,65-,66+,67+/m0/s1. The number of aliphatic hydroxyl groups excluding tert-OH is 2. The number of carbonyl (C=O) groups excluding carboxylic acids is 10. The van der Waals surface area contributed by atoms with E-state index in [9.17, 15) is 58.2 Å². The molecule has 23 nitrogen and oxygen atoms in total. The van der Waals surface area contributed by atoms with Crippen LogP contribution in [0.3, 0.4) is 0 Å². The number of amides is 9. The number of carbonyl (C=O) groups is 10. The first-order valence-electron chi connectivity index (χ1n) is 33.7. The van der Waals surface area contributed by atoms with Crippen molar-refractivity contribution in [3.8, 4) is 0 Å². The van der Waals surface area contributed by atoms with Crippen LogP contribution in [0.15, 0.2) is 66.7 Å². The number of rotatable bonds is 41. The fourth-order valence-corrected chi connectivity index (χ4v) is 13.1. The van der Waals surface area contributed by atoms with Crippen molar-refractivity contribution >= 4 is 64.8 Å². The third kappa shape index (κ3) is 23.4. The second kappa shape index (κ2) is 39.1. The number of benzene rings is 2. The lowest BCUT2D eigenvalue weighted by Crippen LogP contribution is -2.54. The Balaban J connectivity index is 1.37. The number of Topliss-reactive ketones (excluding diaryl/α,β-unsaturated/α-hetero) is 2. The SMILES string of the molecule is CC[C@H](C)[C@@H]([C@@H](CC(=O)N1CCC[C@H]1[C@H](OC)[C@@H](C)C(O)C[C@H](C)[C@@H](O)c1ccccc1)OC)N(C)C(=O)[C@@H](CC(=O)[C@H](C(C)C)N(C)C(=O)OCc1ccc(NC(=O)[C@H](CCCNC(N)=O)CC(=O)[C@H](NC(=O)CCCCCN2C(=O)C=CC2=O)C(C)C)cc1)C(C)C. The number of nitrogens with zero attached hydrogens (tertiary/aromatic N) is 4. The minimum absolute atomic E-state index is 0.0317. The van der Waals surface area contributed by atoms with Gasteiger partial charge in [-0.25, -0.2) is 9.59 Å². The molecule has 1 fully saturated rings. The van der Waals surface area contributed by atoms with Crippen LogP contribution in [0.1, 0.15) is 170 Å². The number of urea groups is 1. The highest BCUT2D eigenvalue weighted by atomic mass is 16.6. The van der Waals surface area contributed by atoms with Crippen molar-refractivity contribution in [2.75, 3.05) is 53.3 Å². The number of anilines is 1. The van der Waals surface area contributed by atoms with Crippen LogP contribution in [0.25, 0.3) is 0 Å². The molecule has 23 heteroatoms. The number of imide groups is 1. The Morgan fingerprint density at radius 2 is 1.39 bits per heavy atom. The fourth-order valence-electron chi connectivity index (χ4n) is 13.1. The van der Waals surface area contributed by atoms with Crippen molar-refractivity contribution in [1.29, 1.82) is 0 Å². The topological polar surface area (TPSA) is 314 Å². The maximum atomic E-state index is 14.9.